The molecule has 0 aromatic carbocycles. The number of nitrogens with zero attached hydrogens (tertiary/aromatic N) is 1. The Morgan fingerprint density at radius 3 is 2.76 bits per heavy atom. The first-order valence-electron chi connectivity index (χ1n) is 6.72. The summed E-state index contributed by atoms with van der Waals surface area (Å²) in [4.78, 5) is 3.08. The normalized spacial score (nSPS) is 17.2. The summed E-state index contributed by atoms with van der Waals surface area (Å²) in [6.07, 6.45) is 0.758. The first kappa shape index (κ1) is 17.3. The van der Waals surface area contributed by atoms with E-state index in [1.165, 1.54) is 17.4 Å². The second-order valence-corrected chi connectivity index (χ2v) is 8.90. The van der Waals surface area contributed by atoms with Gasteiger partial charge in [-0.1, -0.05) is 0 Å². The SMILES string of the molecule is O=S(=O)(NCCCN1CCOCC1)c1cc(CO)sc1Br. The highest BCUT2D eigenvalue weighted by Gasteiger charge is 2.20. The molecule has 0 spiro atoms. The number of ether oxygens (including phenoxy) is 1. The van der Waals surface area contributed by atoms with Crippen LogP contribution in [-0.2, 0) is 21.4 Å². The van der Waals surface area contributed by atoms with Crippen molar-refractivity contribution < 1.29 is 18.3 Å². The molecule has 120 valence electrons. The van der Waals surface area contributed by atoms with Gasteiger partial charge in [-0.15, -0.1) is 11.3 Å². The Hall–Kier alpha value is -0.0300. The van der Waals surface area contributed by atoms with E-state index in [1.54, 1.807) is 0 Å². The fourth-order valence-corrected chi connectivity index (χ4v) is 5.69. The molecule has 9 heteroatoms. The topological polar surface area (TPSA) is 78.9 Å². The molecular weight excluding hydrogens is 380 g/mol. The van der Waals surface area contributed by atoms with E-state index in [1.807, 2.05) is 0 Å². The molecule has 0 bridgehead atoms. The predicted molar refractivity (Wildman–Crippen MR) is 85.0 cm³/mol. The van der Waals surface area contributed by atoms with Crippen LogP contribution in [0.4, 0.5) is 0 Å². The molecule has 2 rings (SSSR count). The molecule has 0 atom stereocenters. The number of rotatable bonds is 7. The molecule has 2 heterocycles. The fraction of sp³-hybridized carbons (Fsp3) is 0.667. The summed E-state index contributed by atoms with van der Waals surface area (Å²) in [6.45, 7) is 4.41. The van der Waals surface area contributed by atoms with Gasteiger partial charge in [-0.05, 0) is 35.0 Å². The number of sulfonamides is 1. The second-order valence-electron chi connectivity index (χ2n) is 4.71. The van der Waals surface area contributed by atoms with E-state index in [-0.39, 0.29) is 11.5 Å². The van der Waals surface area contributed by atoms with Crippen molar-refractivity contribution in [3.63, 3.8) is 0 Å². The maximum Gasteiger partial charge on any atom is 0.242 e. The van der Waals surface area contributed by atoms with Crippen molar-refractivity contribution in [3.05, 3.63) is 14.7 Å². The summed E-state index contributed by atoms with van der Waals surface area (Å²) in [5.41, 5.74) is 0. The van der Waals surface area contributed by atoms with Crippen LogP contribution in [0.25, 0.3) is 0 Å². The van der Waals surface area contributed by atoms with Crippen LogP contribution in [-0.4, -0.2) is 57.8 Å². The molecule has 6 nitrogen and oxygen atoms in total. The summed E-state index contributed by atoms with van der Waals surface area (Å²) in [5, 5.41) is 9.06. The van der Waals surface area contributed by atoms with Crippen LogP contribution in [0.1, 0.15) is 11.3 Å². The lowest BCUT2D eigenvalue weighted by Gasteiger charge is -2.26. The predicted octanol–water partition coefficient (Wildman–Crippen LogP) is 1.00. The molecule has 0 amide bonds. The standard InChI is InChI=1S/C12H19BrN2O4S2/c13-12-11(8-10(9-16)20-12)21(17,18)14-2-1-3-15-4-6-19-7-5-15/h8,14,16H,1-7,9H2. The van der Waals surface area contributed by atoms with Gasteiger partial charge in [0.1, 0.15) is 4.90 Å². The Labute approximate surface area is 137 Å². The number of halogens is 1. The minimum absolute atomic E-state index is 0.157. The van der Waals surface area contributed by atoms with Crippen LogP contribution in [0.5, 0.6) is 0 Å². The molecule has 1 aliphatic heterocycles. The third-order valence-corrected chi connectivity index (χ3v) is 6.90. The molecule has 1 aliphatic rings. The summed E-state index contributed by atoms with van der Waals surface area (Å²) in [5.74, 6) is 0. The number of hydrogen-bond acceptors (Lipinski definition) is 6. The highest BCUT2D eigenvalue weighted by molar-refractivity contribution is 9.11. The van der Waals surface area contributed by atoms with E-state index in [4.69, 9.17) is 9.84 Å². The van der Waals surface area contributed by atoms with E-state index in [2.05, 4.69) is 25.6 Å². The van der Waals surface area contributed by atoms with Crippen molar-refractivity contribution >= 4 is 37.3 Å². The lowest BCUT2D eigenvalue weighted by Crippen LogP contribution is -2.38. The monoisotopic (exact) mass is 398 g/mol. The van der Waals surface area contributed by atoms with Crippen LogP contribution in [0.2, 0.25) is 0 Å². The molecule has 1 fully saturated rings. The van der Waals surface area contributed by atoms with Gasteiger partial charge in [0.15, 0.2) is 0 Å². The first-order chi connectivity index (χ1) is 10.0. The average Bonchev–Trinajstić information content (AvgIpc) is 2.87. The first-order valence-corrected chi connectivity index (χ1v) is 9.81. The zero-order valence-electron chi connectivity index (χ0n) is 11.5. The number of hydrogen-bond donors (Lipinski definition) is 2. The quantitative estimate of drug-likeness (QED) is 0.669. The smallest absolute Gasteiger partial charge is 0.242 e. The molecular formula is C12H19BrN2O4S2. The van der Waals surface area contributed by atoms with E-state index in [0.29, 0.717) is 15.2 Å². The zero-order valence-corrected chi connectivity index (χ0v) is 14.8. The number of nitrogens with one attached hydrogen (secondary N) is 1. The Balaban J connectivity index is 1.82. The largest absolute Gasteiger partial charge is 0.391 e. The van der Waals surface area contributed by atoms with E-state index < -0.39 is 10.0 Å². The van der Waals surface area contributed by atoms with Crippen LogP contribution in [0, 0.1) is 0 Å². The Bertz CT molecular complexity index is 556. The molecule has 2 N–H and O–H groups in total. The van der Waals surface area contributed by atoms with Crippen molar-refractivity contribution in [3.8, 4) is 0 Å². The Kier molecular flexibility index (Phi) is 6.60. The lowest BCUT2D eigenvalue weighted by atomic mass is 10.3. The summed E-state index contributed by atoms with van der Waals surface area (Å²) >= 11 is 4.46. The van der Waals surface area contributed by atoms with Crippen molar-refractivity contribution in [1.29, 1.82) is 0 Å². The van der Waals surface area contributed by atoms with E-state index in [0.717, 1.165) is 39.3 Å². The maximum atomic E-state index is 12.2. The Morgan fingerprint density at radius 2 is 2.14 bits per heavy atom. The van der Waals surface area contributed by atoms with Crippen molar-refractivity contribution in [2.24, 2.45) is 0 Å². The minimum Gasteiger partial charge on any atom is -0.391 e. The number of thiophene rings is 1. The third-order valence-electron chi connectivity index (χ3n) is 3.20. The number of aliphatic hydroxyl groups is 1. The average molecular weight is 399 g/mol. The van der Waals surface area contributed by atoms with Gasteiger partial charge in [0.05, 0.1) is 23.6 Å². The van der Waals surface area contributed by atoms with Crippen molar-refractivity contribution in [2.45, 2.75) is 17.9 Å². The van der Waals surface area contributed by atoms with Crippen LogP contribution in [0.3, 0.4) is 0 Å². The van der Waals surface area contributed by atoms with Gasteiger partial charge in [-0.25, -0.2) is 13.1 Å². The molecule has 21 heavy (non-hydrogen) atoms. The van der Waals surface area contributed by atoms with Crippen molar-refractivity contribution in [2.75, 3.05) is 39.4 Å². The van der Waals surface area contributed by atoms with Gasteiger partial charge in [-0.3, -0.25) is 4.90 Å². The minimum atomic E-state index is -3.52. The molecule has 0 saturated carbocycles. The number of morpholine rings is 1. The van der Waals surface area contributed by atoms with E-state index in [9.17, 15) is 8.42 Å². The highest BCUT2D eigenvalue weighted by Crippen LogP contribution is 2.31. The van der Waals surface area contributed by atoms with Crippen LogP contribution < -0.4 is 4.72 Å². The third kappa shape index (κ3) is 4.98. The number of aliphatic hydroxyl groups excluding tert-OH is 1. The molecule has 0 unspecified atom stereocenters. The molecule has 1 aromatic rings. The summed E-state index contributed by atoms with van der Waals surface area (Å²) in [7, 11) is -3.52. The summed E-state index contributed by atoms with van der Waals surface area (Å²) in [6, 6.07) is 1.50. The molecule has 1 saturated heterocycles. The fourth-order valence-electron chi connectivity index (χ4n) is 2.07. The molecule has 0 aliphatic carbocycles. The molecule has 1 aromatic heterocycles. The molecule has 0 radical (unpaired) electrons. The zero-order chi connectivity index (χ0) is 15.3. The summed E-state index contributed by atoms with van der Waals surface area (Å²) < 4.78 is 32.8. The van der Waals surface area contributed by atoms with Gasteiger partial charge in [0.25, 0.3) is 0 Å². The van der Waals surface area contributed by atoms with Gasteiger partial charge in [0, 0.05) is 24.5 Å². The maximum absolute atomic E-state index is 12.2. The van der Waals surface area contributed by atoms with Crippen LogP contribution in [0.15, 0.2) is 14.7 Å². The second kappa shape index (κ2) is 8.00. The van der Waals surface area contributed by atoms with E-state index >= 15 is 0 Å². The van der Waals surface area contributed by atoms with Crippen molar-refractivity contribution in [1.82, 2.24) is 9.62 Å². The van der Waals surface area contributed by atoms with Crippen LogP contribution >= 0.6 is 27.3 Å². The lowest BCUT2D eigenvalue weighted by molar-refractivity contribution is 0.0376. The van der Waals surface area contributed by atoms with Gasteiger partial charge in [-0.2, -0.15) is 0 Å². The Morgan fingerprint density at radius 1 is 1.43 bits per heavy atom. The van der Waals surface area contributed by atoms with Gasteiger partial charge in [0.2, 0.25) is 10.0 Å². The van der Waals surface area contributed by atoms with Gasteiger partial charge >= 0.3 is 0 Å². The van der Waals surface area contributed by atoms with Gasteiger partial charge < -0.3 is 9.84 Å². The highest BCUT2D eigenvalue weighted by atomic mass is 79.9.